The van der Waals surface area contributed by atoms with Gasteiger partial charge >= 0.3 is 5.97 Å². The summed E-state index contributed by atoms with van der Waals surface area (Å²) in [6.07, 6.45) is 1.63. The first-order valence-electron chi connectivity index (χ1n) is 7.90. The van der Waals surface area contributed by atoms with Crippen molar-refractivity contribution in [3.05, 3.63) is 57.7 Å². The lowest BCUT2D eigenvalue weighted by Gasteiger charge is -2.20. The summed E-state index contributed by atoms with van der Waals surface area (Å²) in [5.41, 5.74) is 1.63. The van der Waals surface area contributed by atoms with E-state index in [4.69, 9.17) is 18.9 Å². The summed E-state index contributed by atoms with van der Waals surface area (Å²) in [7, 11) is 1.55. The number of ether oxygens (including phenoxy) is 4. The minimum Gasteiger partial charge on any atom is -0.493 e. The second-order valence-corrected chi connectivity index (χ2v) is 6.51. The van der Waals surface area contributed by atoms with Gasteiger partial charge in [0.15, 0.2) is 17.2 Å². The van der Waals surface area contributed by atoms with Crippen LogP contribution in [0.5, 0.6) is 17.2 Å². The third kappa shape index (κ3) is 3.17. The van der Waals surface area contributed by atoms with Crippen LogP contribution in [-0.2, 0) is 9.53 Å². The summed E-state index contributed by atoms with van der Waals surface area (Å²) in [5.74, 6) is 1.44. The van der Waals surface area contributed by atoms with Gasteiger partial charge in [-0.15, -0.1) is 0 Å². The average molecular weight is 416 g/mol. The molecule has 0 radical (unpaired) electrons. The van der Waals surface area contributed by atoms with Crippen LogP contribution in [0.2, 0.25) is 0 Å². The van der Waals surface area contributed by atoms with Gasteiger partial charge in [-0.25, -0.2) is 9.79 Å². The van der Waals surface area contributed by atoms with Gasteiger partial charge in [-0.2, -0.15) is 0 Å². The monoisotopic (exact) mass is 415 g/mol. The lowest BCUT2D eigenvalue weighted by molar-refractivity contribution is -0.129. The minimum atomic E-state index is -0.506. The molecule has 4 rings (SSSR count). The number of benzene rings is 2. The maximum absolute atomic E-state index is 12.2. The second-order valence-electron chi connectivity index (χ2n) is 5.59. The highest BCUT2D eigenvalue weighted by Crippen LogP contribution is 2.41. The number of carbonyl (C=O) groups is 1. The zero-order valence-electron chi connectivity index (χ0n) is 13.8. The molecule has 0 saturated carbocycles. The third-order valence-electron chi connectivity index (χ3n) is 3.85. The lowest BCUT2D eigenvalue weighted by Crippen LogP contribution is -2.16. The van der Waals surface area contributed by atoms with Gasteiger partial charge in [-0.3, -0.25) is 0 Å². The molecule has 6 nitrogen and oxygen atoms in total. The number of rotatable bonds is 3. The molecule has 2 aliphatic rings. The Hall–Kier alpha value is -2.80. The van der Waals surface area contributed by atoms with Crippen molar-refractivity contribution in [2.45, 2.75) is 0 Å². The van der Waals surface area contributed by atoms with E-state index < -0.39 is 5.97 Å². The molecule has 2 aromatic carbocycles. The molecular weight excluding hydrogens is 402 g/mol. The Morgan fingerprint density at radius 2 is 2.04 bits per heavy atom. The second kappa shape index (κ2) is 6.84. The highest BCUT2D eigenvalue weighted by molar-refractivity contribution is 9.10. The predicted octanol–water partition coefficient (Wildman–Crippen LogP) is 3.57. The van der Waals surface area contributed by atoms with Crippen molar-refractivity contribution in [3.63, 3.8) is 0 Å². The Morgan fingerprint density at radius 3 is 2.85 bits per heavy atom. The van der Waals surface area contributed by atoms with E-state index in [9.17, 15) is 4.79 Å². The van der Waals surface area contributed by atoms with E-state index in [1.54, 1.807) is 25.3 Å². The van der Waals surface area contributed by atoms with Crippen molar-refractivity contribution in [1.29, 1.82) is 0 Å². The number of halogens is 1. The smallest absolute Gasteiger partial charge is 0.363 e. The first-order chi connectivity index (χ1) is 12.6. The van der Waals surface area contributed by atoms with E-state index >= 15 is 0 Å². The highest BCUT2D eigenvalue weighted by Gasteiger charge is 2.25. The maximum atomic E-state index is 12.2. The molecule has 0 amide bonds. The Kier molecular flexibility index (Phi) is 4.38. The van der Waals surface area contributed by atoms with Gasteiger partial charge in [-0.1, -0.05) is 22.0 Å². The average Bonchev–Trinajstić information content (AvgIpc) is 3.01. The van der Waals surface area contributed by atoms with Crippen LogP contribution < -0.4 is 14.2 Å². The maximum Gasteiger partial charge on any atom is 0.363 e. The third-order valence-corrected chi connectivity index (χ3v) is 4.34. The fraction of sp³-hybridized carbons (Fsp3) is 0.158. The molecule has 0 atom stereocenters. The van der Waals surface area contributed by atoms with Crippen LogP contribution in [0.1, 0.15) is 11.1 Å². The minimum absolute atomic E-state index is 0.207. The largest absolute Gasteiger partial charge is 0.493 e. The van der Waals surface area contributed by atoms with Gasteiger partial charge in [0.1, 0.15) is 13.2 Å². The molecule has 0 aromatic heterocycles. The SMILES string of the molecule is COc1cc(/C=C2\N=C(c3cccc(Br)c3)OC2=O)cc2c1OCCO2. The van der Waals surface area contributed by atoms with Gasteiger partial charge < -0.3 is 18.9 Å². The number of nitrogens with zero attached hydrogens (tertiary/aromatic N) is 1. The summed E-state index contributed by atoms with van der Waals surface area (Å²) in [4.78, 5) is 16.5. The standard InChI is InChI=1S/C19H14BrNO5/c1-23-15-8-11(9-16-17(15)25-6-5-24-16)7-14-19(22)26-18(21-14)12-3-2-4-13(20)10-12/h2-4,7-10H,5-6H2,1H3/b14-7-. The number of aliphatic imine (C=N–C) groups is 1. The van der Waals surface area contributed by atoms with Gasteiger partial charge in [0.05, 0.1) is 7.11 Å². The quantitative estimate of drug-likeness (QED) is 0.566. The number of hydrogen-bond acceptors (Lipinski definition) is 6. The molecule has 0 bridgehead atoms. The number of fused-ring (bicyclic) bond motifs is 1. The predicted molar refractivity (Wildman–Crippen MR) is 98.7 cm³/mol. The van der Waals surface area contributed by atoms with E-state index in [0.29, 0.717) is 36.0 Å². The Balaban J connectivity index is 1.71. The lowest BCUT2D eigenvalue weighted by atomic mass is 10.1. The highest BCUT2D eigenvalue weighted by atomic mass is 79.9. The number of esters is 1. The van der Waals surface area contributed by atoms with Crippen molar-refractivity contribution in [1.82, 2.24) is 0 Å². The van der Waals surface area contributed by atoms with E-state index in [1.807, 2.05) is 24.3 Å². The summed E-state index contributed by atoms with van der Waals surface area (Å²) in [6, 6.07) is 10.9. The fourth-order valence-corrected chi connectivity index (χ4v) is 3.09. The van der Waals surface area contributed by atoms with E-state index in [0.717, 1.165) is 10.0 Å². The molecule has 0 saturated heterocycles. The van der Waals surface area contributed by atoms with Crippen molar-refractivity contribution in [2.75, 3.05) is 20.3 Å². The molecule has 0 N–H and O–H groups in total. The van der Waals surface area contributed by atoms with Crippen LogP contribution >= 0.6 is 15.9 Å². The Labute approximate surface area is 158 Å². The normalized spacial score (nSPS) is 17.1. The van der Waals surface area contributed by atoms with Gasteiger partial charge in [0.2, 0.25) is 11.6 Å². The first kappa shape index (κ1) is 16.7. The topological polar surface area (TPSA) is 66.4 Å². The Bertz CT molecular complexity index is 934. The summed E-state index contributed by atoms with van der Waals surface area (Å²) >= 11 is 3.39. The molecule has 0 fully saturated rings. The summed E-state index contributed by atoms with van der Waals surface area (Å²) in [5, 5.41) is 0. The van der Waals surface area contributed by atoms with Crippen molar-refractivity contribution in [3.8, 4) is 17.2 Å². The number of methoxy groups -OCH3 is 1. The molecule has 132 valence electrons. The van der Waals surface area contributed by atoms with Crippen LogP contribution in [-0.4, -0.2) is 32.2 Å². The van der Waals surface area contributed by atoms with Gasteiger partial charge in [-0.05, 0) is 42.0 Å². The fourth-order valence-electron chi connectivity index (χ4n) is 2.69. The van der Waals surface area contributed by atoms with Crippen molar-refractivity contribution >= 4 is 33.9 Å². The number of cyclic esters (lactones) is 1. The molecule has 26 heavy (non-hydrogen) atoms. The molecule has 0 spiro atoms. The molecular formula is C19H14BrNO5. The molecule has 0 unspecified atom stereocenters. The molecule has 2 aliphatic heterocycles. The summed E-state index contributed by atoms with van der Waals surface area (Å²) < 4.78 is 22.7. The van der Waals surface area contributed by atoms with Crippen LogP contribution in [0.15, 0.2) is 51.6 Å². The van der Waals surface area contributed by atoms with Gasteiger partial charge in [0, 0.05) is 10.0 Å². The van der Waals surface area contributed by atoms with Gasteiger partial charge in [0.25, 0.3) is 0 Å². The van der Waals surface area contributed by atoms with Crippen LogP contribution in [0.4, 0.5) is 0 Å². The Morgan fingerprint density at radius 1 is 1.19 bits per heavy atom. The first-order valence-corrected chi connectivity index (χ1v) is 8.69. The molecule has 2 heterocycles. The zero-order chi connectivity index (χ0) is 18.1. The van der Waals surface area contributed by atoms with E-state index in [1.165, 1.54) is 0 Å². The van der Waals surface area contributed by atoms with Crippen LogP contribution in [0.3, 0.4) is 0 Å². The zero-order valence-corrected chi connectivity index (χ0v) is 15.4. The van der Waals surface area contributed by atoms with E-state index in [2.05, 4.69) is 20.9 Å². The van der Waals surface area contributed by atoms with Crippen molar-refractivity contribution in [2.24, 2.45) is 4.99 Å². The number of carbonyl (C=O) groups excluding carboxylic acids is 1. The molecule has 7 heteroatoms. The number of hydrogen-bond donors (Lipinski definition) is 0. The molecule has 2 aromatic rings. The van der Waals surface area contributed by atoms with Crippen molar-refractivity contribution < 1.29 is 23.7 Å². The van der Waals surface area contributed by atoms with Crippen LogP contribution in [0, 0.1) is 0 Å². The summed E-state index contributed by atoms with van der Waals surface area (Å²) in [6.45, 7) is 0.930. The molecule has 0 aliphatic carbocycles. The van der Waals surface area contributed by atoms with Crippen LogP contribution in [0.25, 0.3) is 6.08 Å². The van der Waals surface area contributed by atoms with E-state index in [-0.39, 0.29) is 11.6 Å².